The van der Waals surface area contributed by atoms with E-state index < -0.39 is 0 Å². The molecule has 0 spiro atoms. The fourth-order valence-electron chi connectivity index (χ4n) is 2.38. The van der Waals surface area contributed by atoms with E-state index in [2.05, 4.69) is 47.6 Å². The van der Waals surface area contributed by atoms with Crippen LogP contribution in [0, 0.1) is 0 Å². The van der Waals surface area contributed by atoms with Crippen LogP contribution in [-0.4, -0.2) is 18.3 Å². The first-order valence-corrected chi connectivity index (χ1v) is 5.59. The van der Waals surface area contributed by atoms with Crippen LogP contribution in [0.2, 0.25) is 0 Å². The van der Waals surface area contributed by atoms with Gasteiger partial charge in [0.05, 0.1) is 6.04 Å². The van der Waals surface area contributed by atoms with Crippen LogP contribution in [0.4, 0.5) is 0 Å². The lowest BCUT2D eigenvalue weighted by Crippen LogP contribution is -2.14. The van der Waals surface area contributed by atoms with Crippen LogP contribution >= 0.6 is 0 Å². The summed E-state index contributed by atoms with van der Waals surface area (Å²) in [7, 11) is 2.04. The van der Waals surface area contributed by atoms with Gasteiger partial charge in [-0.2, -0.15) is 5.10 Å². The van der Waals surface area contributed by atoms with E-state index in [1.807, 2.05) is 18.3 Å². The molecule has 1 atom stereocenters. The summed E-state index contributed by atoms with van der Waals surface area (Å²) in [5.41, 5.74) is 1.37. The quantitative estimate of drug-likeness (QED) is 0.705. The van der Waals surface area contributed by atoms with E-state index in [0.29, 0.717) is 6.04 Å². The molecule has 80 valence electrons. The van der Waals surface area contributed by atoms with Crippen molar-refractivity contribution >= 4 is 17.0 Å². The molecule has 1 aliphatic heterocycles. The van der Waals surface area contributed by atoms with Gasteiger partial charge >= 0.3 is 0 Å². The molecular weight excluding hydrogens is 196 g/mol. The number of rotatable bonds is 1. The molecule has 1 aliphatic rings. The molecule has 2 aromatic carbocycles. The maximum Gasteiger partial charge on any atom is 0.0772 e. The van der Waals surface area contributed by atoms with Crippen LogP contribution in [0.15, 0.2) is 47.6 Å². The largest absolute Gasteiger partial charge is 0.293 e. The minimum absolute atomic E-state index is 0.395. The summed E-state index contributed by atoms with van der Waals surface area (Å²) in [5.74, 6) is 0. The number of fused-ring (bicyclic) bond motifs is 1. The number of hydrogen-bond donors (Lipinski definition) is 0. The molecule has 0 N–H and O–H groups in total. The zero-order chi connectivity index (χ0) is 11.0. The van der Waals surface area contributed by atoms with Crippen LogP contribution in [0.1, 0.15) is 18.0 Å². The van der Waals surface area contributed by atoms with Crippen LogP contribution in [0.3, 0.4) is 0 Å². The standard InChI is InChI=1S/C14H14N2/c1-16-14(9-10-15-16)13-8-4-6-11-5-2-3-7-12(11)13/h2-8,10,14H,9H2,1H3. The van der Waals surface area contributed by atoms with Gasteiger partial charge in [-0.3, -0.25) is 5.01 Å². The topological polar surface area (TPSA) is 15.6 Å². The number of hydrazone groups is 1. The summed E-state index contributed by atoms with van der Waals surface area (Å²) in [6, 6.07) is 15.4. The zero-order valence-corrected chi connectivity index (χ0v) is 9.30. The smallest absolute Gasteiger partial charge is 0.0772 e. The predicted octanol–water partition coefficient (Wildman–Crippen LogP) is 3.20. The van der Waals surface area contributed by atoms with Crippen molar-refractivity contribution in [2.45, 2.75) is 12.5 Å². The second kappa shape index (κ2) is 3.63. The Morgan fingerprint density at radius 2 is 1.94 bits per heavy atom. The normalized spacial score (nSPS) is 19.6. The molecule has 2 nitrogen and oxygen atoms in total. The first kappa shape index (κ1) is 9.40. The summed E-state index contributed by atoms with van der Waals surface area (Å²) < 4.78 is 0. The number of hydrogen-bond acceptors (Lipinski definition) is 2. The third-order valence-corrected chi connectivity index (χ3v) is 3.23. The van der Waals surface area contributed by atoms with E-state index in [1.165, 1.54) is 16.3 Å². The average molecular weight is 210 g/mol. The Kier molecular flexibility index (Phi) is 2.13. The summed E-state index contributed by atoms with van der Waals surface area (Å²) in [4.78, 5) is 0. The van der Waals surface area contributed by atoms with Gasteiger partial charge in [0.2, 0.25) is 0 Å². The van der Waals surface area contributed by atoms with Gasteiger partial charge in [-0.15, -0.1) is 0 Å². The van der Waals surface area contributed by atoms with Gasteiger partial charge < -0.3 is 0 Å². The average Bonchev–Trinajstić information content (AvgIpc) is 2.75. The second-order valence-electron chi connectivity index (χ2n) is 4.19. The monoisotopic (exact) mass is 210 g/mol. The predicted molar refractivity (Wildman–Crippen MR) is 67.6 cm³/mol. The molecular formula is C14H14N2. The van der Waals surface area contributed by atoms with Crippen molar-refractivity contribution in [1.82, 2.24) is 5.01 Å². The van der Waals surface area contributed by atoms with Crippen molar-refractivity contribution in [2.24, 2.45) is 5.10 Å². The van der Waals surface area contributed by atoms with Crippen LogP contribution < -0.4 is 0 Å². The van der Waals surface area contributed by atoms with Crippen molar-refractivity contribution in [2.75, 3.05) is 7.05 Å². The molecule has 0 aliphatic carbocycles. The highest BCUT2D eigenvalue weighted by molar-refractivity contribution is 5.86. The van der Waals surface area contributed by atoms with Crippen molar-refractivity contribution in [3.05, 3.63) is 48.0 Å². The molecule has 0 saturated carbocycles. The van der Waals surface area contributed by atoms with Crippen LogP contribution in [-0.2, 0) is 0 Å². The molecule has 0 saturated heterocycles. The fraction of sp³-hybridized carbons (Fsp3) is 0.214. The number of benzene rings is 2. The summed E-state index contributed by atoms with van der Waals surface area (Å²) in [6.45, 7) is 0. The number of nitrogens with zero attached hydrogens (tertiary/aromatic N) is 2. The third-order valence-electron chi connectivity index (χ3n) is 3.23. The van der Waals surface area contributed by atoms with E-state index >= 15 is 0 Å². The fourth-order valence-corrected chi connectivity index (χ4v) is 2.38. The lowest BCUT2D eigenvalue weighted by atomic mass is 9.97. The van der Waals surface area contributed by atoms with E-state index in [0.717, 1.165) is 6.42 Å². The highest BCUT2D eigenvalue weighted by Gasteiger charge is 2.20. The van der Waals surface area contributed by atoms with Gasteiger partial charge in [-0.1, -0.05) is 42.5 Å². The molecule has 0 aromatic heterocycles. The minimum atomic E-state index is 0.395. The Labute approximate surface area is 95.2 Å². The van der Waals surface area contributed by atoms with Gasteiger partial charge in [0.25, 0.3) is 0 Å². The molecule has 1 unspecified atom stereocenters. The molecule has 16 heavy (non-hydrogen) atoms. The maximum absolute atomic E-state index is 4.31. The maximum atomic E-state index is 4.31. The minimum Gasteiger partial charge on any atom is -0.293 e. The lowest BCUT2D eigenvalue weighted by Gasteiger charge is -2.20. The first-order valence-electron chi connectivity index (χ1n) is 5.59. The van der Waals surface area contributed by atoms with Crippen LogP contribution in [0.25, 0.3) is 10.8 Å². The molecule has 2 heteroatoms. The van der Waals surface area contributed by atoms with Gasteiger partial charge in [-0.05, 0) is 16.3 Å². The molecule has 0 bridgehead atoms. The third kappa shape index (κ3) is 1.38. The first-order chi connectivity index (χ1) is 7.86. The molecule has 1 heterocycles. The lowest BCUT2D eigenvalue weighted by molar-refractivity contribution is 0.291. The Bertz CT molecular complexity index is 540. The highest BCUT2D eigenvalue weighted by atomic mass is 15.5. The van der Waals surface area contributed by atoms with Gasteiger partial charge in [-0.25, -0.2) is 0 Å². The Morgan fingerprint density at radius 3 is 2.75 bits per heavy atom. The van der Waals surface area contributed by atoms with Crippen molar-refractivity contribution in [3.63, 3.8) is 0 Å². The van der Waals surface area contributed by atoms with Gasteiger partial charge in [0, 0.05) is 19.7 Å². The van der Waals surface area contributed by atoms with Crippen LogP contribution in [0.5, 0.6) is 0 Å². The van der Waals surface area contributed by atoms with E-state index in [4.69, 9.17) is 0 Å². The van der Waals surface area contributed by atoms with E-state index in [-0.39, 0.29) is 0 Å². The summed E-state index contributed by atoms with van der Waals surface area (Å²) in [6.07, 6.45) is 3.00. The summed E-state index contributed by atoms with van der Waals surface area (Å²) >= 11 is 0. The Hall–Kier alpha value is -1.83. The molecule has 0 amide bonds. The van der Waals surface area contributed by atoms with E-state index in [9.17, 15) is 0 Å². The van der Waals surface area contributed by atoms with Gasteiger partial charge in [0.15, 0.2) is 0 Å². The Balaban J connectivity index is 2.16. The van der Waals surface area contributed by atoms with Crippen molar-refractivity contribution < 1.29 is 0 Å². The van der Waals surface area contributed by atoms with Crippen molar-refractivity contribution in [1.29, 1.82) is 0 Å². The van der Waals surface area contributed by atoms with Gasteiger partial charge in [0.1, 0.15) is 0 Å². The molecule has 0 fully saturated rings. The zero-order valence-electron chi connectivity index (χ0n) is 9.30. The van der Waals surface area contributed by atoms with Crippen molar-refractivity contribution in [3.8, 4) is 0 Å². The highest BCUT2D eigenvalue weighted by Crippen LogP contribution is 2.31. The Morgan fingerprint density at radius 1 is 1.12 bits per heavy atom. The second-order valence-corrected chi connectivity index (χ2v) is 4.19. The molecule has 3 rings (SSSR count). The molecule has 2 aromatic rings. The molecule has 0 radical (unpaired) electrons. The SMILES string of the molecule is CN1N=CCC1c1cccc2ccccc12. The summed E-state index contributed by atoms with van der Waals surface area (Å²) in [5, 5.41) is 9.00. The van der Waals surface area contributed by atoms with E-state index in [1.54, 1.807) is 0 Å².